The lowest BCUT2D eigenvalue weighted by Gasteiger charge is -1.99. The predicted molar refractivity (Wildman–Crippen MR) is 41.4 cm³/mol. The molecule has 0 bridgehead atoms. The normalized spacial score (nSPS) is 12.9. The van der Waals surface area contributed by atoms with Crippen LogP contribution in [0, 0.1) is 0 Å². The molecular weight excluding hydrogens is 184 g/mol. The lowest BCUT2D eigenvalue weighted by molar-refractivity contribution is 1.54. The Labute approximate surface area is 63.5 Å². The van der Waals surface area contributed by atoms with E-state index in [4.69, 9.17) is 39.0 Å². The SMILES string of the molecule is NC=CC[Si](Cl)(Cl)Cl. The molecule has 0 aliphatic carbocycles. The zero-order valence-electron chi connectivity index (χ0n) is 4.07. The first kappa shape index (κ1) is 8.63. The van der Waals surface area contributed by atoms with Gasteiger partial charge in [-0.1, -0.05) is 6.08 Å². The first-order valence-corrected chi connectivity index (χ1v) is 7.24. The van der Waals surface area contributed by atoms with Crippen molar-refractivity contribution in [2.24, 2.45) is 5.73 Å². The van der Waals surface area contributed by atoms with Gasteiger partial charge in [-0.15, -0.1) is 33.2 Å². The molecule has 0 aromatic heterocycles. The summed E-state index contributed by atoms with van der Waals surface area (Å²) in [7, 11) is 0. The number of halogens is 3. The summed E-state index contributed by atoms with van der Waals surface area (Å²) in [5.74, 6) is 0. The Bertz CT molecular complexity index is 87.0. The van der Waals surface area contributed by atoms with E-state index in [2.05, 4.69) is 0 Å². The van der Waals surface area contributed by atoms with Gasteiger partial charge in [0.05, 0.1) is 0 Å². The largest absolute Gasteiger partial charge is 0.405 e. The Balaban J connectivity index is 3.39. The number of allylic oxidation sites excluding steroid dienone is 1. The Morgan fingerprint density at radius 2 is 1.88 bits per heavy atom. The molecule has 0 spiro atoms. The molecule has 0 aliphatic heterocycles. The maximum absolute atomic E-state index is 5.47. The van der Waals surface area contributed by atoms with E-state index in [1.165, 1.54) is 6.20 Å². The van der Waals surface area contributed by atoms with Gasteiger partial charge < -0.3 is 5.73 Å². The first-order valence-electron chi connectivity index (χ1n) is 2.00. The predicted octanol–water partition coefficient (Wildman–Crippen LogP) is 2.11. The summed E-state index contributed by atoms with van der Waals surface area (Å²) in [5.41, 5.74) is 5.00. The summed E-state index contributed by atoms with van der Waals surface area (Å²) in [4.78, 5) is 0. The van der Waals surface area contributed by atoms with E-state index < -0.39 is 6.00 Å². The molecule has 0 saturated heterocycles. The van der Waals surface area contributed by atoms with E-state index in [-0.39, 0.29) is 0 Å². The molecule has 48 valence electrons. The monoisotopic (exact) mass is 189 g/mol. The van der Waals surface area contributed by atoms with Crippen LogP contribution in [0.2, 0.25) is 6.04 Å². The lowest BCUT2D eigenvalue weighted by Crippen LogP contribution is -2.05. The molecule has 0 radical (unpaired) electrons. The maximum atomic E-state index is 5.47. The summed E-state index contributed by atoms with van der Waals surface area (Å²) in [6, 6.07) is -1.93. The van der Waals surface area contributed by atoms with E-state index >= 15 is 0 Å². The number of nitrogens with two attached hydrogens (primary N) is 1. The van der Waals surface area contributed by atoms with Crippen LogP contribution in [0.1, 0.15) is 0 Å². The molecule has 0 amide bonds. The molecule has 0 rings (SSSR count). The third-order valence-electron chi connectivity index (χ3n) is 0.485. The lowest BCUT2D eigenvalue weighted by atomic mass is 10.7. The highest BCUT2D eigenvalue weighted by Gasteiger charge is 2.21. The van der Waals surface area contributed by atoms with Gasteiger partial charge in [0.25, 0.3) is 0 Å². The summed E-state index contributed by atoms with van der Waals surface area (Å²) in [6.45, 7) is 0. The fraction of sp³-hybridized carbons (Fsp3) is 0.333. The van der Waals surface area contributed by atoms with Gasteiger partial charge in [-0.2, -0.15) is 0 Å². The topological polar surface area (TPSA) is 26.0 Å². The second-order valence-corrected chi connectivity index (χ2v) is 10.4. The third-order valence-corrected chi connectivity index (χ3v) is 2.57. The van der Waals surface area contributed by atoms with Crippen molar-refractivity contribution in [3.05, 3.63) is 12.3 Å². The van der Waals surface area contributed by atoms with Gasteiger partial charge in [-0.05, 0) is 6.20 Å². The van der Waals surface area contributed by atoms with Crippen LogP contribution in [0.15, 0.2) is 12.3 Å². The van der Waals surface area contributed by atoms with E-state index in [1.807, 2.05) is 0 Å². The molecule has 0 aliphatic rings. The minimum Gasteiger partial charge on any atom is -0.405 e. The Kier molecular flexibility index (Phi) is 3.90. The molecule has 0 atom stereocenters. The van der Waals surface area contributed by atoms with Crippen molar-refractivity contribution in [1.82, 2.24) is 0 Å². The minimum absolute atomic E-state index is 0.494. The van der Waals surface area contributed by atoms with Gasteiger partial charge in [0, 0.05) is 6.04 Å². The fourth-order valence-electron chi connectivity index (χ4n) is 0.202. The smallest absolute Gasteiger partial charge is 0.345 e. The van der Waals surface area contributed by atoms with Crippen molar-refractivity contribution in [2.75, 3.05) is 0 Å². The fourth-order valence-corrected chi connectivity index (χ4v) is 1.41. The average molecular weight is 191 g/mol. The van der Waals surface area contributed by atoms with Gasteiger partial charge in [-0.3, -0.25) is 0 Å². The summed E-state index contributed by atoms with van der Waals surface area (Å²) >= 11 is 16.4. The highest BCUT2D eigenvalue weighted by Crippen LogP contribution is 2.24. The number of hydrogen-bond donors (Lipinski definition) is 1. The Morgan fingerprint density at radius 3 is 2.00 bits per heavy atom. The average Bonchev–Trinajstić information content (AvgIpc) is 1.59. The van der Waals surface area contributed by atoms with Crippen LogP contribution in [-0.2, 0) is 0 Å². The summed E-state index contributed by atoms with van der Waals surface area (Å²) in [5, 5.41) is 0. The van der Waals surface area contributed by atoms with Crippen molar-refractivity contribution in [3.8, 4) is 0 Å². The van der Waals surface area contributed by atoms with E-state index in [9.17, 15) is 0 Å². The molecule has 2 N–H and O–H groups in total. The highest BCUT2D eigenvalue weighted by atomic mass is 35.8. The third kappa shape index (κ3) is 6.63. The first-order chi connectivity index (χ1) is 3.56. The van der Waals surface area contributed by atoms with Crippen LogP contribution < -0.4 is 5.73 Å². The van der Waals surface area contributed by atoms with Gasteiger partial charge in [-0.25, -0.2) is 0 Å². The molecule has 8 heavy (non-hydrogen) atoms. The van der Waals surface area contributed by atoms with Gasteiger partial charge in [0.15, 0.2) is 0 Å². The number of rotatable bonds is 2. The van der Waals surface area contributed by atoms with Crippen LogP contribution >= 0.6 is 33.2 Å². The minimum atomic E-state index is -2.43. The molecule has 0 saturated carbocycles. The Morgan fingerprint density at radius 1 is 1.38 bits per heavy atom. The number of hydrogen-bond acceptors (Lipinski definition) is 1. The quantitative estimate of drug-likeness (QED) is 0.524. The zero-order valence-corrected chi connectivity index (χ0v) is 7.34. The maximum Gasteiger partial charge on any atom is 0.345 e. The van der Waals surface area contributed by atoms with E-state index in [0.29, 0.717) is 6.04 Å². The Hall–Kier alpha value is 0.627. The van der Waals surface area contributed by atoms with Crippen LogP contribution in [0.5, 0.6) is 0 Å². The molecule has 1 nitrogen and oxygen atoms in total. The molecule has 0 fully saturated rings. The van der Waals surface area contributed by atoms with Crippen LogP contribution in [0.25, 0.3) is 0 Å². The summed E-state index contributed by atoms with van der Waals surface area (Å²) in [6.07, 6.45) is 3.04. The van der Waals surface area contributed by atoms with Crippen LogP contribution in [-0.4, -0.2) is 6.00 Å². The van der Waals surface area contributed by atoms with Crippen LogP contribution in [0.4, 0.5) is 0 Å². The molecule has 0 aromatic rings. The van der Waals surface area contributed by atoms with Crippen LogP contribution in [0.3, 0.4) is 0 Å². The molecule has 5 heteroatoms. The van der Waals surface area contributed by atoms with E-state index in [1.54, 1.807) is 6.08 Å². The van der Waals surface area contributed by atoms with Gasteiger partial charge in [0.2, 0.25) is 0 Å². The highest BCUT2D eigenvalue weighted by molar-refractivity contribution is 7.64. The standard InChI is InChI=1S/C3H6Cl3NSi/c4-8(5,6)3-1-2-7/h1-2H,3,7H2. The summed E-state index contributed by atoms with van der Waals surface area (Å²) < 4.78 is 0. The molecule has 0 heterocycles. The van der Waals surface area contributed by atoms with Gasteiger partial charge in [0.1, 0.15) is 0 Å². The van der Waals surface area contributed by atoms with Crippen molar-refractivity contribution in [2.45, 2.75) is 6.04 Å². The van der Waals surface area contributed by atoms with Crippen molar-refractivity contribution >= 4 is 39.2 Å². The van der Waals surface area contributed by atoms with Crippen molar-refractivity contribution in [1.29, 1.82) is 0 Å². The molecule has 0 aromatic carbocycles. The van der Waals surface area contributed by atoms with Crippen molar-refractivity contribution in [3.63, 3.8) is 0 Å². The second-order valence-electron chi connectivity index (χ2n) is 1.25. The van der Waals surface area contributed by atoms with E-state index in [0.717, 1.165) is 0 Å². The second kappa shape index (κ2) is 3.61. The zero-order chi connectivity index (χ0) is 6.62. The molecule has 0 unspecified atom stereocenters. The molecular formula is C3H6Cl3NSi. The van der Waals surface area contributed by atoms with Gasteiger partial charge >= 0.3 is 6.00 Å². The van der Waals surface area contributed by atoms with Crippen molar-refractivity contribution < 1.29 is 0 Å².